The highest BCUT2D eigenvalue weighted by atomic mass is 35.5. The first kappa shape index (κ1) is 23.6. The lowest BCUT2D eigenvalue weighted by atomic mass is 9.85. The molecule has 0 bridgehead atoms. The second kappa shape index (κ2) is 8.80. The van der Waals surface area contributed by atoms with Crippen molar-refractivity contribution in [2.75, 3.05) is 11.0 Å². The van der Waals surface area contributed by atoms with E-state index in [0.717, 1.165) is 17.4 Å². The first-order valence-electron chi connectivity index (χ1n) is 9.76. The molecular formula is C23H24ClN3O4S. The number of halogens is 1. The Labute approximate surface area is 191 Å². The lowest BCUT2D eigenvalue weighted by Crippen LogP contribution is -2.27. The van der Waals surface area contributed by atoms with Crippen molar-refractivity contribution in [2.45, 2.75) is 26.2 Å². The summed E-state index contributed by atoms with van der Waals surface area (Å²) in [5.41, 5.74) is 2.14. The number of nitrogens with one attached hydrogen (secondary N) is 2. The number of sulfonamides is 1. The van der Waals surface area contributed by atoms with Gasteiger partial charge in [-0.05, 0) is 46.4 Å². The van der Waals surface area contributed by atoms with Gasteiger partial charge >= 0.3 is 5.69 Å². The second-order valence-corrected chi connectivity index (χ2v) is 10.6. The summed E-state index contributed by atoms with van der Waals surface area (Å²) in [6.45, 7) is 6.07. The van der Waals surface area contributed by atoms with Crippen LogP contribution in [0.4, 0.5) is 5.69 Å². The van der Waals surface area contributed by atoms with Crippen molar-refractivity contribution in [3.05, 3.63) is 91.2 Å². The van der Waals surface area contributed by atoms with Gasteiger partial charge in [0, 0.05) is 18.0 Å². The molecule has 9 heteroatoms. The summed E-state index contributed by atoms with van der Waals surface area (Å²) in [5, 5.41) is 0.560. The minimum Gasteiger partial charge on any atom is -0.284 e. The van der Waals surface area contributed by atoms with Crippen molar-refractivity contribution < 1.29 is 8.42 Å². The number of aromatic amines is 1. The average Bonchev–Trinajstić information content (AvgIpc) is 2.66. The van der Waals surface area contributed by atoms with Crippen molar-refractivity contribution in [3.8, 4) is 5.69 Å². The van der Waals surface area contributed by atoms with Gasteiger partial charge in [-0.2, -0.15) is 0 Å². The fraction of sp³-hybridized carbons (Fsp3) is 0.217. The molecule has 7 nitrogen and oxygen atoms in total. The third kappa shape index (κ3) is 5.77. The van der Waals surface area contributed by atoms with Crippen molar-refractivity contribution >= 4 is 39.5 Å². The molecule has 3 rings (SSSR count). The molecule has 0 aliphatic carbocycles. The van der Waals surface area contributed by atoms with Crippen molar-refractivity contribution in [1.82, 2.24) is 9.55 Å². The number of H-pyrrole nitrogens is 1. The Balaban J connectivity index is 2.05. The summed E-state index contributed by atoms with van der Waals surface area (Å²) in [7, 11) is -3.34. The molecule has 2 aromatic carbocycles. The molecule has 0 amide bonds. The van der Waals surface area contributed by atoms with Crippen LogP contribution in [0.25, 0.3) is 17.8 Å². The van der Waals surface area contributed by atoms with Gasteiger partial charge in [0.25, 0.3) is 5.56 Å². The Kier molecular flexibility index (Phi) is 6.48. The van der Waals surface area contributed by atoms with E-state index < -0.39 is 21.3 Å². The molecule has 168 valence electrons. The number of anilines is 1. The Hall–Kier alpha value is -3.10. The summed E-state index contributed by atoms with van der Waals surface area (Å²) in [6.07, 6.45) is 6.20. The monoisotopic (exact) mass is 473 g/mol. The number of benzene rings is 2. The molecule has 0 unspecified atom stereocenters. The van der Waals surface area contributed by atoms with E-state index in [0.29, 0.717) is 22.0 Å². The third-order valence-corrected chi connectivity index (χ3v) is 5.69. The van der Waals surface area contributed by atoms with E-state index in [1.807, 2.05) is 39.0 Å². The summed E-state index contributed by atoms with van der Waals surface area (Å²) < 4.78 is 26.5. The van der Waals surface area contributed by atoms with Crippen molar-refractivity contribution in [3.63, 3.8) is 0 Å². The Bertz CT molecular complexity index is 1400. The molecule has 0 saturated heterocycles. The van der Waals surface area contributed by atoms with Crippen LogP contribution < -0.4 is 16.0 Å². The molecule has 1 heterocycles. The molecule has 0 radical (unpaired) electrons. The minimum absolute atomic E-state index is 0.291. The molecule has 0 fully saturated rings. The van der Waals surface area contributed by atoms with Gasteiger partial charge in [-0.25, -0.2) is 13.2 Å². The van der Waals surface area contributed by atoms with Crippen LogP contribution >= 0.6 is 11.6 Å². The van der Waals surface area contributed by atoms with Gasteiger partial charge in [0.15, 0.2) is 0 Å². The van der Waals surface area contributed by atoms with E-state index in [-0.39, 0.29) is 5.41 Å². The summed E-state index contributed by atoms with van der Waals surface area (Å²) in [6, 6.07) is 11.8. The van der Waals surface area contributed by atoms with Crippen LogP contribution in [-0.4, -0.2) is 24.2 Å². The SMILES string of the molecule is CC(C)(C)c1cc(-n2ccc(=O)[nH]c2=O)cc(C=Cc2ccc(NS(C)(=O)=O)cc2)c1Cl. The summed E-state index contributed by atoms with van der Waals surface area (Å²) in [5.74, 6) is 0. The zero-order chi connectivity index (χ0) is 23.7. The lowest BCUT2D eigenvalue weighted by molar-refractivity contribution is 0.589. The smallest absolute Gasteiger partial charge is 0.284 e. The van der Waals surface area contributed by atoms with Crippen molar-refractivity contribution in [2.24, 2.45) is 0 Å². The average molecular weight is 474 g/mol. The molecule has 1 aromatic heterocycles. The standard InChI is InChI=1S/C23H24ClN3O4S/c1-23(2,3)19-14-18(27-12-11-20(28)25-22(27)29)13-16(21(19)24)8-5-15-6-9-17(10-7-15)26-32(4,30)31/h5-14,26H,1-4H3,(H,25,28,29). The van der Waals surface area contributed by atoms with Crippen LogP contribution in [0, 0.1) is 0 Å². The lowest BCUT2D eigenvalue weighted by Gasteiger charge is -2.23. The Morgan fingerprint density at radius 2 is 1.69 bits per heavy atom. The van der Waals surface area contributed by atoms with Gasteiger partial charge in [-0.15, -0.1) is 0 Å². The van der Waals surface area contributed by atoms with E-state index in [9.17, 15) is 18.0 Å². The highest BCUT2D eigenvalue weighted by Crippen LogP contribution is 2.35. The van der Waals surface area contributed by atoms with Crippen LogP contribution in [0.2, 0.25) is 5.02 Å². The zero-order valence-corrected chi connectivity index (χ0v) is 19.7. The number of rotatable bonds is 5. The maximum absolute atomic E-state index is 12.3. The predicted molar refractivity (Wildman–Crippen MR) is 130 cm³/mol. The highest BCUT2D eigenvalue weighted by molar-refractivity contribution is 7.92. The maximum Gasteiger partial charge on any atom is 0.332 e. The van der Waals surface area contributed by atoms with Crippen LogP contribution in [0.5, 0.6) is 0 Å². The largest absolute Gasteiger partial charge is 0.332 e. The Morgan fingerprint density at radius 3 is 2.25 bits per heavy atom. The predicted octanol–water partition coefficient (Wildman–Crippen LogP) is 4.02. The van der Waals surface area contributed by atoms with E-state index in [2.05, 4.69) is 9.71 Å². The Morgan fingerprint density at radius 1 is 1.03 bits per heavy atom. The van der Waals surface area contributed by atoms with E-state index in [4.69, 9.17) is 11.6 Å². The van der Waals surface area contributed by atoms with Crippen LogP contribution in [0.15, 0.2) is 58.3 Å². The normalized spacial score (nSPS) is 12.3. The quantitative estimate of drug-likeness (QED) is 0.546. The number of hydrogen-bond acceptors (Lipinski definition) is 4. The summed E-state index contributed by atoms with van der Waals surface area (Å²) >= 11 is 6.71. The van der Waals surface area contributed by atoms with Crippen LogP contribution in [0.3, 0.4) is 0 Å². The first-order chi connectivity index (χ1) is 14.8. The van der Waals surface area contributed by atoms with Gasteiger partial charge in [0.2, 0.25) is 10.0 Å². The van der Waals surface area contributed by atoms with Gasteiger partial charge in [0.05, 0.1) is 17.0 Å². The van der Waals surface area contributed by atoms with Gasteiger partial charge in [0.1, 0.15) is 0 Å². The fourth-order valence-electron chi connectivity index (χ4n) is 3.12. The maximum atomic E-state index is 12.3. The van der Waals surface area contributed by atoms with Gasteiger partial charge in [-0.1, -0.05) is 56.7 Å². The fourth-order valence-corrected chi connectivity index (χ4v) is 4.14. The third-order valence-electron chi connectivity index (χ3n) is 4.66. The van der Waals surface area contributed by atoms with Crippen molar-refractivity contribution in [1.29, 1.82) is 0 Å². The molecule has 0 aliphatic heterocycles. The second-order valence-electron chi connectivity index (χ2n) is 8.46. The minimum atomic E-state index is -3.34. The molecule has 0 atom stereocenters. The van der Waals surface area contributed by atoms with E-state index in [1.165, 1.54) is 16.8 Å². The molecule has 32 heavy (non-hydrogen) atoms. The molecule has 0 aliphatic rings. The van der Waals surface area contributed by atoms with E-state index in [1.54, 1.807) is 30.3 Å². The topological polar surface area (TPSA) is 101 Å². The summed E-state index contributed by atoms with van der Waals surface area (Å²) in [4.78, 5) is 26.0. The molecule has 2 N–H and O–H groups in total. The number of nitrogens with zero attached hydrogens (tertiary/aromatic N) is 1. The van der Waals surface area contributed by atoms with E-state index >= 15 is 0 Å². The number of aromatic nitrogens is 2. The molecule has 0 saturated carbocycles. The molecule has 0 spiro atoms. The first-order valence-corrected chi connectivity index (χ1v) is 12.0. The molecule has 3 aromatic rings. The highest BCUT2D eigenvalue weighted by Gasteiger charge is 2.20. The number of hydrogen-bond donors (Lipinski definition) is 2. The zero-order valence-electron chi connectivity index (χ0n) is 18.1. The van der Waals surface area contributed by atoms with Crippen LogP contribution in [-0.2, 0) is 15.4 Å². The van der Waals surface area contributed by atoms with Gasteiger partial charge in [-0.3, -0.25) is 19.1 Å². The van der Waals surface area contributed by atoms with Crippen LogP contribution in [0.1, 0.15) is 37.5 Å². The molecular weight excluding hydrogens is 450 g/mol. The van der Waals surface area contributed by atoms with Gasteiger partial charge < -0.3 is 0 Å².